The van der Waals surface area contributed by atoms with Crippen molar-refractivity contribution in [3.05, 3.63) is 35.4 Å². The van der Waals surface area contributed by atoms with Crippen LogP contribution in [0.3, 0.4) is 0 Å². The zero-order valence-corrected chi connectivity index (χ0v) is 17.1. The van der Waals surface area contributed by atoms with Crippen LogP contribution in [0.25, 0.3) is 0 Å². The van der Waals surface area contributed by atoms with E-state index in [0.29, 0.717) is 43.4 Å². The lowest BCUT2D eigenvalue weighted by Gasteiger charge is -2.49. The molecule has 28 heavy (non-hydrogen) atoms. The molecule has 0 radical (unpaired) electrons. The number of nitrogens with one attached hydrogen (secondary N) is 2. The number of carbonyl (C=O) groups is 2. The van der Waals surface area contributed by atoms with Crippen molar-refractivity contribution in [3.8, 4) is 0 Å². The van der Waals surface area contributed by atoms with Crippen LogP contribution in [-0.2, 0) is 16.1 Å². The van der Waals surface area contributed by atoms with Gasteiger partial charge >= 0.3 is 0 Å². The molecule has 2 saturated heterocycles. The Bertz CT molecular complexity index is 717. The Morgan fingerprint density at radius 2 is 1.96 bits per heavy atom. The van der Waals surface area contributed by atoms with Crippen LogP contribution in [0, 0.1) is 24.7 Å². The lowest BCUT2D eigenvalue weighted by Crippen LogP contribution is -2.65. The van der Waals surface area contributed by atoms with Crippen LogP contribution < -0.4 is 10.6 Å². The molecule has 3 aliphatic rings. The quantitative estimate of drug-likeness (QED) is 0.837. The summed E-state index contributed by atoms with van der Waals surface area (Å²) in [6.45, 7) is 6.87. The fourth-order valence-electron chi connectivity index (χ4n) is 5.35. The van der Waals surface area contributed by atoms with E-state index in [-0.39, 0.29) is 17.7 Å². The number of likely N-dealkylation sites (tertiary alicyclic amines) is 1. The zero-order chi connectivity index (χ0) is 19.7. The topological polar surface area (TPSA) is 61.4 Å². The maximum atomic E-state index is 13.1. The number of piperidine rings is 2. The summed E-state index contributed by atoms with van der Waals surface area (Å²) in [6, 6.07) is 8.89. The third-order valence-corrected chi connectivity index (χ3v) is 7.03. The van der Waals surface area contributed by atoms with E-state index in [2.05, 4.69) is 53.6 Å². The highest BCUT2D eigenvalue weighted by molar-refractivity contribution is 5.86. The molecular formula is C23H33N3O2. The molecule has 1 aliphatic carbocycles. The van der Waals surface area contributed by atoms with E-state index in [1.165, 1.54) is 12.0 Å². The van der Waals surface area contributed by atoms with Crippen LogP contribution in [-0.4, -0.2) is 48.3 Å². The standard InChI is InChI=1S/C23H33N3O2/c1-15-6-8-17(9-7-15)12-24-21(27)14-26-11-10-20-19(13-26)23(28)18-5-3-4-16(2)22(18)25-20/h6-9,16,18-20,22,25H,3-5,10-14H2,1-2H3,(H,24,27). The fraction of sp³-hybridized carbons (Fsp3) is 0.652. The summed E-state index contributed by atoms with van der Waals surface area (Å²) >= 11 is 0. The smallest absolute Gasteiger partial charge is 0.234 e. The maximum Gasteiger partial charge on any atom is 0.234 e. The Balaban J connectivity index is 1.30. The summed E-state index contributed by atoms with van der Waals surface area (Å²) in [5.41, 5.74) is 2.33. The number of hydrogen-bond donors (Lipinski definition) is 2. The largest absolute Gasteiger partial charge is 0.351 e. The van der Waals surface area contributed by atoms with Gasteiger partial charge in [0.05, 0.1) is 6.54 Å². The monoisotopic (exact) mass is 383 g/mol. The second-order valence-electron chi connectivity index (χ2n) is 9.11. The summed E-state index contributed by atoms with van der Waals surface area (Å²) in [6.07, 6.45) is 4.38. The first-order chi connectivity index (χ1) is 13.5. The average Bonchev–Trinajstić information content (AvgIpc) is 2.69. The Labute approximate surface area is 168 Å². The Morgan fingerprint density at radius 3 is 2.75 bits per heavy atom. The molecular weight excluding hydrogens is 350 g/mol. The molecule has 4 rings (SSSR count). The van der Waals surface area contributed by atoms with Gasteiger partial charge in [0.1, 0.15) is 5.78 Å². The molecule has 3 fully saturated rings. The molecule has 2 aliphatic heterocycles. The molecule has 0 aromatic heterocycles. The summed E-state index contributed by atoms with van der Waals surface area (Å²) in [4.78, 5) is 27.7. The van der Waals surface area contributed by atoms with Crippen molar-refractivity contribution in [2.24, 2.45) is 17.8 Å². The SMILES string of the molecule is Cc1ccc(CNC(=O)CN2CCC3NC4C(C)CCCC4C(=O)C3C2)cc1. The number of amides is 1. The van der Waals surface area contributed by atoms with E-state index in [4.69, 9.17) is 0 Å². The van der Waals surface area contributed by atoms with Gasteiger partial charge in [0.15, 0.2) is 0 Å². The predicted octanol–water partition coefficient (Wildman–Crippen LogP) is 2.28. The molecule has 1 aromatic carbocycles. The minimum atomic E-state index is 0.0411. The van der Waals surface area contributed by atoms with E-state index >= 15 is 0 Å². The molecule has 1 amide bonds. The van der Waals surface area contributed by atoms with Gasteiger partial charge in [-0.3, -0.25) is 14.5 Å². The molecule has 0 spiro atoms. The van der Waals surface area contributed by atoms with Gasteiger partial charge in [-0.2, -0.15) is 0 Å². The Hall–Kier alpha value is -1.72. The summed E-state index contributed by atoms with van der Waals surface area (Å²) < 4.78 is 0. The molecule has 5 nitrogen and oxygen atoms in total. The average molecular weight is 384 g/mol. The number of aryl methyl sites for hydroxylation is 1. The molecule has 0 bridgehead atoms. The number of Topliss-reactive ketones (excluding diaryl/α,β-unsaturated/α-hetero) is 1. The van der Waals surface area contributed by atoms with E-state index in [1.54, 1.807) is 0 Å². The number of benzene rings is 1. The zero-order valence-electron chi connectivity index (χ0n) is 17.1. The third-order valence-electron chi connectivity index (χ3n) is 7.03. The van der Waals surface area contributed by atoms with E-state index in [9.17, 15) is 9.59 Å². The molecule has 2 heterocycles. The van der Waals surface area contributed by atoms with Crippen LogP contribution in [0.2, 0.25) is 0 Å². The first kappa shape index (κ1) is 19.6. The lowest BCUT2D eigenvalue weighted by molar-refractivity contribution is -0.138. The molecule has 5 unspecified atom stereocenters. The highest BCUT2D eigenvalue weighted by Crippen LogP contribution is 2.37. The molecule has 5 atom stereocenters. The summed E-state index contributed by atoms with van der Waals surface area (Å²) in [5.74, 6) is 1.31. The van der Waals surface area contributed by atoms with Crippen molar-refractivity contribution in [2.75, 3.05) is 19.6 Å². The highest BCUT2D eigenvalue weighted by atomic mass is 16.2. The van der Waals surface area contributed by atoms with Crippen LogP contribution in [0.4, 0.5) is 0 Å². The first-order valence-corrected chi connectivity index (χ1v) is 10.9. The molecule has 152 valence electrons. The minimum Gasteiger partial charge on any atom is -0.351 e. The highest BCUT2D eigenvalue weighted by Gasteiger charge is 2.48. The van der Waals surface area contributed by atoms with Gasteiger partial charge in [0.25, 0.3) is 0 Å². The van der Waals surface area contributed by atoms with Crippen LogP contribution in [0.15, 0.2) is 24.3 Å². The number of ketones is 1. The van der Waals surface area contributed by atoms with Crippen molar-refractivity contribution in [1.82, 2.24) is 15.5 Å². The molecule has 2 N–H and O–H groups in total. The van der Waals surface area contributed by atoms with E-state index in [1.807, 2.05) is 0 Å². The Morgan fingerprint density at radius 1 is 1.18 bits per heavy atom. The maximum absolute atomic E-state index is 13.1. The predicted molar refractivity (Wildman–Crippen MR) is 110 cm³/mol. The number of nitrogens with zero attached hydrogens (tertiary/aromatic N) is 1. The van der Waals surface area contributed by atoms with E-state index < -0.39 is 0 Å². The molecule has 1 aromatic rings. The molecule has 1 saturated carbocycles. The van der Waals surface area contributed by atoms with Gasteiger partial charge in [-0.05, 0) is 37.7 Å². The van der Waals surface area contributed by atoms with Crippen molar-refractivity contribution in [2.45, 2.75) is 58.2 Å². The molecule has 5 heteroatoms. The number of hydrogen-bond acceptors (Lipinski definition) is 4. The van der Waals surface area contributed by atoms with Crippen molar-refractivity contribution >= 4 is 11.7 Å². The van der Waals surface area contributed by atoms with Gasteiger partial charge in [-0.25, -0.2) is 0 Å². The van der Waals surface area contributed by atoms with E-state index in [0.717, 1.165) is 31.4 Å². The van der Waals surface area contributed by atoms with Crippen LogP contribution >= 0.6 is 0 Å². The van der Waals surface area contributed by atoms with Crippen LogP contribution in [0.5, 0.6) is 0 Å². The summed E-state index contributed by atoms with van der Waals surface area (Å²) in [5, 5.41) is 6.83. The van der Waals surface area contributed by atoms with Crippen LogP contribution in [0.1, 0.15) is 43.7 Å². The first-order valence-electron chi connectivity index (χ1n) is 10.9. The van der Waals surface area contributed by atoms with Crippen molar-refractivity contribution < 1.29 is 9.59 Å². The van der Waals surface area contributed by atoms with Gasteiger partial charge in [-0.1, -0.05) is 43.2 Å². The second-order valence-corrected chi connectivity index (χ2v) is 9.11. The van der Waals surface area contributed by atoms with Gasteiger partial charge in [-0.15, -0.1) is 0 Å². The fourth-order valence-corrected chi connectivity index (χ4v) is 5.35. The number of carbonyl (C=O) groups excluding carboxylic acids is 2. The normalized spacial score (nSPS) is 33.1. The van der Waals surface area contributed by atoms with Gasteiger partial charge in [0, 0.05) is 43.6 Å². The second kappa shape index (κ2) is 8.34. The van der Waals surface area contributed by atoms with Gasteiger partial charge < -0.3 is 10.6 Å². The minimum absolute atomic E-state index is 0.0411. The number of fused-ring (bicyclic) bond motifs is 2. The third kappa shape index (κ3) is 4.15. The Kier molecular flexibility index (Phi) is 5.83. The summed E-state index contributed by atoms with van der Waals surface area (Å²) in [7, 11) is 0. The van der Waals surface area contributed by atoms with Crippen molar-refractivity contribution in [1.29, 1.82) is 0 Å². The number of rotatable bonds is 4. The van der Waals surface area contributed by atoms with Gasteiger partial charge in [0.2, 0.25) is 5.91 Å². The lowest BCUT2D eigenvalue weighted by atomic mass is 9.67. The van der Waals surface area contributed by atoms with Crippen molar-refractivity contribution in [3.63, 3.8) is 0 Å².